The lowest BCUT2D eigenvalue weighted by Gasteiger charge is -2.26. The number of carboxylic acids is 1. The van der Waals surface area contributed by atoms with Crippen LogP contribution in [0, 0.1) is 5.92 Å². The average Bonchev–Trinajstić information content (AvgIpc) is 3.04. The summed E-state index contributed by atoms with van der Waals surface area (Å²) in [5.74, 6) is -0.316. The fraction of sp³-hybridized carbons (Fsp3) is 0.647. The molecule has 1 aliphatic heterocycles. The third kappa shape index (κ3) is 5.10. The molecule has 2 N–H and O–H groups in total. The largest absolute Gasteiger partial charge is 0.481 e. The van der Waals surface area contributed by atoms with Crippen LogP contribution in [-0.2, 0) is 4.79 Å². The van der Waals surface area contributed by atoms with Crippen LogP contribution >= 0.6 is 0 Å². The van der Waals surface area contributed by atoms with Gasteiger partial charge in [-0.1, -0.05) is 0 Å². The first kappa shape index (κ1) is 17.5. The van der Waals surface area contributed by atoms with Crippen molar-refractivity contribution in [3.8, 4) is 0 Å². The molecule has 6 heteroatoms. The lowest BCUT2D eigenvalue weighted by atomic mass is 9.98. The van der Waals surface area contributed by atoms with E-state index >= 15 is 0 Å². The molecule has 1 aromatic heterocycles. The number of rotatable bonds is 8. The first-order chi connectivity index (χ1) is 11.0. The van der Waals surface area contributed by atoms with E-state index in [-0.39, 0.29) is 6.04 Å². The van der Waals surface area contributed by atoms with Crippen LogP contribution in [0.3, 0.4) is 0 Å². The molecule has 0 bridgehead atoms. The summed E-state index contributed by atoms with van der Waals surface area (Å²) in [7, 11) is 3.89. The van der Waals surface area contributed by atoms with E-state index in [1.54, 1.807) is 13.1 Å². The Balaban J connectivity index is 1.99. The van der Waals surface area contributed by atoms with Gasteiger partial charge in [0.2, 0.25) is 0 Å². The van der Waals surface area contributed by atoms with Gasteiger partial charge in [0.25, 0.3) is 0 Å². The molecule has 1 aromatic rings. The first-order valence-electron chi connectivity index (χ1n) is 8.32. The predicted octanol–water partition coefficient (Wildman–Crippen LogP) is 2.13. The molecule has 0 aromatic carbocycles. The zero-order chi connectivity index (χ0) is 16.8. The monoisotopic (exact) mass is 320 g/mol. The second-order valence-electron chi connectivity index (χ2n) is 6.51. The fourth-order valence-electron chi connectivity index (χ4n) is 2.90. The number of pyridine rings is 1. The van der Waals surface area contributed by atoms with Crippen LogP contribution in [0.5, 0.6) is 0 Å². The molecule has 1 fully saturated rings. The van der Waals surface area contributed by atoms with Crippen molar-refractivity contribution in [2.45, 2.75) is 32.2 Å². The minimum atomic E-state index is -0.762. The summed E-state index contributed by atoms with van der Waals surface area (Å²) < 4.78 is 0. The fourth-order valence-corrected chi connectivity index (χ4v) is 2.90. The van der Waals surface area contributed by atoms with Crippen LogP contribution in [0.2, 0.25) is 0 Å². The molecular weight excluding hydrogens is 292 g/mol. The van der Waals surface area contributed by atoms with Gasteiger partial charge in [0.15, 0.2) is 0 Å². The third-order valence-corrected chi connectivity index (χ3v) is 4.51. The number of hydrogen-bond acceptors (Lipinski definition) is 5. The summed E-state index contributed by atoms with van der Waals surface area (Å²) in [6.45, 7) is 4.98. The minimum absolute atomic E-state index is 0.0971. The lowest BCUT2D eigenvalue weighted by molar-refractivity contribution is -0.141. The van der Waals surface area contributed by atoms with Crippen molar-refractivity contribution in [2.75, 3.05) is 43.9 Å². The molecule has 1 aliphatic rings. The van der Waals surface area contributed by atoms with Gasteiger partial charge in [-0.05, 0) is 51.4 Å². The minimum Gasteiger partial charge on any atom is -0.481 e. The molecule has 0 amide bonds. The normalized spacial score (nSPS) is 17.7. The van der Waals surface area contributed by atoms with Crippen molar-refractivity contribution >= 4 is 17.5 Å². The highest BCUT2D eigenvalue weighted by atomic mass is 16.4. The molecular formula is C17H28N4O2. The molecule has 2 heterocycles. The van der Waals surface area contributed by atoms with E-state index in [0.29, 0.717) is 0 Å². The molecule has 0 aliphatic carbocycles. The zero-order valence-electron chi connectivity index (χ0n) is 14.3. The van der Waals surface area contributed by atoms with Gasteiger partial charge in [0, 0.05) is 26.7 Å². The second-order valence-corrected chi connectivity index (χ2v) is 6.51. The molecule has 2 atom stereocenters. The van der Waals surface area contributed by atoms with E-state index in [0.717, 1.165) is 37.6 Å². The molecule has 23 heavy (non-hydrogen) atoms. The number of carbonyl (C=O) groups is 1. The summed E-state index contributed by atoms with van der Waals surface area (Å²) >= 11 is 0. The maximum Gasteiger partial charge on any atom is 0.308 e. The molecule has 6 nitrogen and oxygen atoms in total. The van der Waals surface area contributed by atoms with E-state index in [1.807, 2.05) is 31.1 Å². The van der Waals surface area contributed by atoms with E-state index in [9.17, 15) is 9.90 Å². The van der Waals surface area contributed by atoms with Crippen LogP contribution in [0.4, 0.5) is 11.5 Å². The van der Waals surface area contributed by atoms with Crippen molar-refractivity contribution in [2.24, 2.45) is 5.92 Å². The number of nitrogens with zero attached hydrogens (tertiary/aromatic N) is 3. The Morgan fingerprint density at radius 3 is 2.61 bits per heavy atom. The highest BCUT2D eigenvalue weighted by Gasteiger charge is 2.24. The van der Waals surface area contributed by atoms with Gasteiger partial charge in [-0.2, -0.15) is 0 Å². The van der Waals surface area contributed by atoms with Gasteiger partial charge in [-0.3, -0.25) is 4.79 Å². The van der Waals surface area contributed by atoms with Crippen LogP contribution < -0.4 is 10.2 Å². The highest BCUT2D eigenvalue weighted by molar-refractivity contribution is 5.71. The number of likely N-dealkylation sites (tertiary alicyclic amines) is 1. The Labute approximate surface area is 138 Å². The quantitative estimate of drug-likeness (QED) is 0.765. The number of hydrogen-bond donors (Lipinski definition) is 2. The zero-order valence-corrected chi connectivity index (χ0v) is 14.3. The van der Waals surface area contributed by atoms with Crippen LogP contribution in [0.25, 0.3) is 0 Å². The number of carboxylic acid groups (broad SMARTS) is 1. The predicted molar refractivity (Wildman–Crippen MR) is 93.1 cm³/mol. The number of nitrogens with one attached hydrogen (secondary N) is 1. The van der Waals surface area contributed by atoms with Crippen molar-refractivity contribution in [1.82, 2.24) is 9.88 Å². The van der Waals surface area contributed by atoms with Crippen molar-refractivity contribution in [3.63, 3.8) is 0 Å². The van der Waals surface area contributed by atoms with E-state index in [1.165, 1.54) is 12.8 Å². The highest BCUT2D eigenvalue weighted by Crippen LogP contribution is 2.19. The van der Waals surface area contributed by atoms with Crippen LogP contribution in [0.15, 0.2) is 18.3 Å². The van der Waals surface area contributed by atoms with Gasteiger partial charge in [0.05, 0.1) is 17.8 Å². The number of aromatic nitrogens is 1. The van der Waals surface area contributed by atoms with Gasteiger partial charge < -0.3 is 20.2 Å². The summed E-state index contributed by atoms with van der Waals surface area (Å²) in [5.41, 5.74) is 0.870. The van der Waals surface area contributed by atoms with E-state index in [2.05, 4.69) is 15.2 Å². The Bertz CT molecular complexity index is 498. The maximum atomic E-state index is 11.4. The number of aliphatic carboxylic acids is 1. The van der Waals surface area contributed by atoms with E-state index < -0.39 is 11.9 Å². The van der Waals surface area contributed by atoms with Gasteiger partial charge >= 0.3 is 5.97 Å². The molecule has 1 saturated heterocycles. The number of anilines is 2. The van der Waals surface area contributed by atoms with Crippen molar-refractivity contribution in [3.05, 3.63) is 18.3 Å². The Morgan fingerprint density at radius 2 is 2.09 bits per heavy atom. The lowest BCUT2D eigenvalue weighted by Crippen LogP contribution is -2.36. The Morgan fingerprint density at radius 1 is 1.39 bits per heavy atom. The summed E-state index contributed by atoms with van der Waals surface area (Å²) in [6, 6.07) is 3.80. The van der Waals surface area contributed by atoms with Crippen LogP contribution in [-0.4, -0.2) is 60.7 Å². The summed E-state index contributed by atoms with van der Waals surface area (Å²) in [4.78, 5) is 20.1. The topological polar surface area (TPSA) is 68.7 Å². The Hall–Kier alpha value is -1.82. The second kappa shape index (κ2) is 8.15. The molecule has 128 valence electrons. The maximum absolute atomic E-state index is 11.4. The smallest absolute Gasteiger partial charge is 0.308 e. The SMILES string of the molecule is CC(C(=O)O)C(CCN1CCCC1)Nc1ccc(N(C)C)nc1. The van der Waals surface area contributed by atoms with Crippen molar-refractivity contribution < 1.29 is 9.90 Å². The standard InChI is InChI=1S/C17H28N4O2/c1-13(17(22)23)15(8-11-21-9-4-5-10-21)19-14-6-7-16(18-12-14)20(2)3/h6-7,12-13,15,19H,4-5,8-11H2,1-3H3,(H,22,23). The van der Waals surface area contributed by atoms with Crippen LogP contribution in [0.1, 0.15) is 26.2 Å². The van der Waals surface area contributed by atoms with Crippen molar-refractivity contribution in [1.29, 1.82) is 0 Å². The van der Waals surface area contributed by atoms with Gasteiger partial charge in [-0.15, -0.1) is 0 Å². The molecule has 0 saturated carbocycles. The molecule has 2 unspecified atom stereocenters. The first-order valence-corrected chi connectivity index (χ1v) is 8.32. The van der Waals surface area contributed by atoms with E-state index in [4.69, 9.17) is 0 Å². The molecule has 0 spiro atoms. The van der Waals surface area contributed by atoms with Gasteiger partial charge in [-0.25, -0.2) is 4.98 Å². The third-order valence-electron chi connectivity index (χ3n) is 4.51. The average molecular weight is 320 g/mol. The van der Waals surface area contributed by atoms with Gasteiger partial charge in [0.1, 0.15) is 5.82 Å². The summed E-state index contributed by atoms with van der Waals surface area (Å²) in [6.07, 6.45) is 5.10. The summed E-state index contributed by atoms with van der Waals surface area (Å²) in [5, 5.41) is 12.7. The molecule has 2 rings (SSSR count). The Kier molecular flexibility index (Phi) is 6.21. The molecule has 0 radical (unpaired) electrons.